The number of nitrogens with one attached hydrogen (secondary N) is 1. The number of esters is 2. The molecule has 28 heavy (non-hydrogen) atoms. The maximum absolute atomic E-state index is 12.2. The number of carbonyl (C=O) groups excluding carboxylic acids is 3. The van der Waals surface area contributed by atoms with Gasteiger partial charge < -0.3 is 14.8 Å². The average molecular weight is 379 g/mol. The number of hydrogen-bond donors (Lipinski definition) is 1. The van der Waals surface area contributed by atoms with Crippen molar-refractivity contribution in [3.63, 3.8) is 0 Å². The molecule has 1 N–H and O–H groups in total. The molecule has 0 radical (unpaired) electrons. The Kier molecular flexibility index (Phi) is 5.89. The van der Waals surface area contributed by atoms with E-state index in [9.17, 15) is 14.4 Å². The van der Waals surface area contributed by atoms with Gasteiger partial charge in [-0.25, -0.2) is 0 Å². The Balaban J connectivity index is 1.62. The molecule has 0 aromatic heterocycles. The second kappa shape index (κ2) is 8.52. The lowest BCUT2D eigenvalue weighted by Gasteiger charge is -2.09. The van der Waals surface area contributed by atoms with Gasteiger partial charge in [0.25, 0.3) is 0 Å². The van der Waals surface area contributed by atoms with Crippen molar-refractivity contribution in [1.82, 2.24) is 5.32 Å². The molecule has 1 amide bonds. The molecule has 1 fully saturated rings. The quantitative estimate of drug-likeness (QED) is 0.473. The van der Waals surface area contributed by atoms with Gasteiger partial charge in [0.2, 0.25) is 5.91 Å². The molecule has 6 heteroatoms. The molecule has 0 unspecified atom stereocenters. The summed E-state index contributed by atoms with van der Waals surface area (Å²) in [6.07, 6.45) is 3.97. The molecule has 6 nitrogen and oxygen atoms in total. The molecule has 1 aliphatic rings. The Morgan fingerprint density at radius 2 is 1.64 bits per heavy atom. The van der Waals surface area contributed by atoms with Gasteiger partial charge in [0.05, 0.1) is 0 Å². The van der Waals surface area contributed by atoms with Crippen LogP contribution in [-0.2, 0) is 14.4 Å². The van der Waals surface area contributed by atoms with Gasteiger partial charge in [0.15, 0.2) is 11.5 Å². The van der Waals surface area contributed by atoms with Crippen molar-refractivity contribution >= 4 is 23.9 Å². The van der Waals surface area contributed by atoms with Gasteiger partial charge in [-0.05, 0) is 35.8 Å². The molecule has 0 saturated heterocycles. The zero-order chi connectivity index (χ0) is 20.1. The van der Waals surface area contributed by atoms with E-state index < -0.39 is 11.9 Å². The van der Waals surface area contributed by atoms with Crippen LogP contribution in [0.15, 0.2) is 54.6 Å². The summed E-state index contributed by atoms with van der Waals surface area (Å²) in [6, 6.07) is 14.9. The van der Waals surface area contributed by atoms with Gasteiger partial charge in [-0.15, -0.1) is 0 Å². The fraction of sp³-hybridized carbons (Fsp3) is 0.227. The van der Waals surface area contributed by atoms with Crippen LogP contribution in [0.4, 0.5) is 0 Å². The Labute approximate surface area is 163 Å². The van der Waals surface area contributed by atoms with Crippen LogP contribution < -0.4 is 14.8 Å². The molecule has 2 aromatic rings. The van der Waals surface area contributed by atoms with Crippen molar-refractivity contribution in [2.75, 3.05) is 0 Å². The number of rotatable bonds is 6. The Morgan fingerprint density at radius 3 is 2.32 bits per heavy atom. The normalized spacial score (nSPS) is 17.8. The zero-order valence-electron chi connectivity index (χ0n) is 15.7. The first-order chi connectivity index (χ1) is 13.4. The molecular formula is C22H21NO5. The standard InChI is InChI=1S/C22H21NO5/c1-14(24)27-20-10-8-16(12-21(20)28-15(2)25)9-11-22(26)23-19-13-18(19)17-6-4-3-5-7-17/h3-12,18-19H,13H2,1-2H3,(H,23,26)/b11-9+/t18-,19+/m1/s1. The highest BCUT2D eigenvalue weighted by Gasteiger charge is 2.38. The van der Waals surface area contributed by atoms with Gasteiger partial charge in [-0.2, -0.15) is 0 Å². The maximum Gasteiger partial charge on any atom is 0.308 e. The SMILES string of the molecule is CC(=O)Oc1ccc(/C=C/C(=O)N[C@H]2C[C@@H]2c2ccccc2)cc1OC(C)=O. The van der Waals surface area contributed by atoms with E-state index >= 15 is 0 Å². The van der Waals surface area contributed by atoms with Gasteiger partial charge in [-0.1, -0.05) is 36.4 Å². The van der Waals surface area contributed by atoms with E-state index in [1.807, 2.05) is 18.2 Å². The minimum absolute atomic E-state index is 0.122. The van der Waals surface area contributed by atoms with Gasteiger partial charge in [0.1, 0.15) is 0 Å². The summed E-state index contributed by atoms with van der Waals surface area (Å²) >= 11 is 0. The summed E-state index contributed by atoms with van der Waals surface area (Å²) in [4.78, 5) is 34.6. The summed E-state index contributed by atoms with van der Waals surface area (Å²) in [6.45, 7) is 2.52. The molecule has 0 spiro atoms. The van der Waals surface area contributed by atoms with Crippen LogP contribution >= 0.6 is 0 Å². The minimum Gasteiger partial charge on any atom is -0.423 e. The molecule has 0 aliphatic heterocycles. The highest BCUT2D eigenvalue weighted by molar-refractivity contribution is 5.92. The van der Waals surface area contributed by atoms with E-state index in [1.165, 1.54) is 37.6 Å². The smallest absolute Gasteiger partial charge is 0.308 e. The second-order valence-electron chi connectivity index (χ2n) is 6.59. The third kappa shape index (κ3) is 5.30. The number of carbonyl (C=O) groups is 3. The second-order valence-corrected chi connectivity index (χ2v) is 6.59. The van der Waals surface area contributed by atoms with Crippen molar-refractivity contribution in [3.8, 4) is 11.5 Å². The van der Waals surface area contributed by atoms with Crippen molar-refractivity contribution < 1.29 is 23.9 Å². The lowest BCUT2D eigenvalue weighted by Crippen LogP contribution is -2.24. The van der Waals surface area contributed by atoms with Crippen LogP contribution in [0.25, 0.3) is 6.08 Å². The van der Waals surface area contributed by atoms with Crippen molar-refractivity contribution in [2.24, 2.45) is 0 Å². The van der Waals surface area contributed by atoms with E-state index in [4.69, 9.17) is 9.47 Å². The van der Waals surface area contributed by atoms with Crippen molar-refractivity contribution in [2.45, 2.75) is 32.2 Å². The summed E-state index contributed by atoms with van der Waals surface area (Å²) in [5.41, 5.74) is 1.86. The predicted molar refractivity (Wildman–Crippen MR) is 104 cm³/mol. The lowest BCUT2D eigenvalue weighted by molar-refractivity contribution is -0.134. The maximum atomic E-state index is 12.2. The van der Waals surface area contributed by atoms with Crippen LogP contribution in [0.3, 0.4) is 0 Å². The highest BCUT2D eigenvalue weighted by Crippen LogP contribution is 2.40. The Morgan fingerprint density at radius 1 is 0.964 bits per heavy atom. The first-order valence-corrected chi connectivity index (χ1v) is 8.97. The molecule has 2 aromatic carbocycles. The van der Waals surface area contributed by atoms with Gasteiger partial charge in [-0.3, -0.25) is 14.4 Å². The van der Waals surface area contributed by atoms with Crippen LogP contribution in [-0.4, -0.2) is 23.9 Å². The highest BCUT2D eigenvalue weighted by atomic mass is 16.6. The fourth-order valence-electron chi connectivity index (χ4n) is 2.93. The van der Waals surface area contributed by atoms with E-state index in [-0.39, 0.29) is 23.4 Å². The largest absolute Gasteiger partial charge is 0.423 e. The average Bonchev–Trinajstić information content (AvgIpc) is 3.41. The van der Waals surface area contributed by atoms with Crippen molar-refractivity contribution in [1.29, 1.82) is 0 Å². The minimum atomic E-state index is -0.534. The predicted octanol–water partition coefficient (Wildman–Crippen LogP) is 3.22. The van der Waals surface area contributed by atoms with E-state index in [0.717, 1.165) is 6.42 Å². The summed E-state index contributed by atoms with van der Waals surface area (Å²) < 4.78 is 10.1. The number of benzene rings is 2. The number of hydrogen-bond acceptors (Lipinski definition) is 5. The summed E-state index contributed by atoms with van der Waals surface area (Å²) in [5.74, 6) is -0.621. The molecule has 1 saturated carbocycles. The lowest BCUT2D eigenvalue weighted by atomic mass is 10.1. The third-order valence-corrected chi connectivity index (χ3v) is 4.25. The molecule has 1 aliphatic carbocycles. The molecular weight excluding hydrogens is 358 g/mol. The summed E-state index contributed by atoms with van der Waals surface area (Å²) in [5, 5.41) is 2.98. The Bertz CT molecular complexity index is 920. The topological polar surface area (TPSA) is 81.7 Å². The van der Waals surface area contributed by atoms with Crippen molar-refractivity contribution in [3.05, 3.63) is 65.7 Å². The zero-order valence-corrected chi connectivity index (χ0v) is 15.7. The van der Waals surface area contributed by atoms with Crippen LogP contribution in [0.5, 0.6) is 11.5 Å². The van der Waals surface area contributed by atoms with Crippen LogP contribution in [0.1, 0.15) is 37.3 Å². The van der Waals surface area contributed by atoms with Crippen LogP contribution in [0, 0.1) is 0 Å². The van der Waals surface area contributed by atoms with Gasteiger partial charge >= 0.3 is 11.9 Å². The monoisotopic (exact) mass is 379 g/mol. The molecule has 0 bridgehead atoms. The van der Waals surface area contributed by atoms with Crippen LogP contribution in [0.2, 0.25) is 0 Å². The molecule has 2 atom stereocenters. The number of amides is 1. The summed E-state index contributed by atoms with van der Waals surface area (Å²) in [7, 11) is 0. The molecule has 144 valence electrons. The van der Waals surface area contributed by atoms with E-state index in [1.54, 1.807) is 12.1 Å². The first kappa shape index (κ1) is 19.4. The first-order valence-electron chi connectivity index (χ1n) is 8.97. The third-order valence-electron chi connectivity index (χ3n) is 4.25. The molecule has 3 rings (SSSR count). The van der Waals surface area contributed by atoms with E-state index in [2.05, 4.69) is 17.4 Å². The molecule has 0 heterocycles. The Hall–Kier alpha value is -3.41. The van der Waals surface area contributed by atoms with Gasteiger partial charge in [0, 0.05) is 31.9 Å². The van der Waals surface area contributed by atoms with E-state index in [0.29, 0.717) is 11.5 Å². The fourth-order valence-corrected chi connectivity index (χ4v) is 2.93. The number of ether oxygens (including phenoxy) is 2.